The van der Waals surface area contributed by atoms with Crippen LogP contribution in [0.25, 0.3) is 10.2 Å². The molecule has 1 saturated carbocycles. The molecular weight excluding hydrogens is 280 g/mol. The molecule has 1 heterocycles. The molecule has 1 aliphatic carbocycles. The van der Waals surface area contributed by atoms with Crippen molar-refractivity contribution in [1.82, 2.24) is 10.3 Å². The Labute approximate surface area is 130 Å². The van der Waals surface area contributed by atoms with Crippen LogP contribution in [0.15, 0.2) is 24.3 Å². The highest BCUT2D eigenvalue weighted by atomic mass is 32.1. The number of aromatic nitrogens is 1. The molecule has 3 nitrogen and oxygen atoms in total. The minimum atomic E-state index is 0.198. The number of nitrogens with zero attached hydrogens (tertiary/aromatic N) is 1. The van der Waals surface area contributed by atoms with Crippen molar-refractivity contribution in [1.29, 1.82) is 0 Å². The van der Waals surface area contributed by atoms with Crippen molar-refractivity contribution in [2.75, 3.05) is 0 Å². The van der Waals surface area contributed by atoms with Gasteiger partial charge in [-0.05, 0) is 37.3 Å². The summed E-state index contributed by atoms with van der Waals surface area (Å²) in [6, 6.07) is 8.08. The molecule has 0 spiro atoms. The minimum Gasteiger partial charge on any atom is -0.349 e. The van der Waals surface area contributed by atoms with Gasteiger partial charge in [0.25, 0.3) is 0 Å². The Bertz CT molecular complexity index is 560. The van der Waals surface area contributed by atoms with Gasteiger partial charge in [0, 0.05) is 5.92 Å². The van der Waals surface area contributed by atoms with Crippen molar-refractivity contribution < 1.29 is 4.79 Å². The fourth-order valence-electron chi connectivity index (χ4n) is 2.75. The van der Waals surface area contributed by atoms with Crippen LogP contribution in [-0.2, 0) is 11.3 Å². The maximum atomic E-state index is 12.0. The Hall–Kier alpha value is -1.42. The molecule has 21 heavy (non-hydrogen) atoms. The van der Waals surface area contributed by atoms with Gasteiger partial charge in [-0.3, -0.25) is 4.79 Å². The molecule has 2 atom stereocenters. The quantitative estimate of drug-likeness (QED) is 0.914. The van der Waals surface area contributed by atoms with E-state index in [2.05, 4.69) is 23.3 Å². The van der Waals surface area contributed by atoms with Crippen molar-refractivity contribution >= 4 is 27.5 Å². The maximum Gasteiger partial charge on any atom is 0.223 e. The van der Waals surface area contributed by atoms with Crippen LogP contribution in [0.5, 0.6) is 0 Å². The molecular formula is C17H24N2OS. The number of hydrogen-bond donors (Lipinski definition) is 1. The molecule has 0 saturated heterocycles. The number of para-hydroxylation sites is 1. The lowest BCUT2D eigenvalue weighted by molar-refractivity contribution is -0.125. The number of hydrogen-bond acceptors (Lipinski definition) is 3. The van der Waals surface area contributed by atoms with E-state index in [1.807, 2.05) is 32.0 Å². The summed E-state index contributed by atoms with van der Waals surface area (Å²) < 4.78 is 1.18. The summed E-state index contributed by atoms with van der Waals surface area (Å²) in [5.41, 5.74) is 1.02. The Morgan fingerprint density at radius 3 is 2.76 bits per heavy atom. The van der Waals surface area contributed by atoms with Gasteiger partial charge in [0.2, 0.25) is 5.91 Å². The fourth-order valence-corrected chi connectivity index (χ4v) is 3.65. The number of benzene rings is 1. The molecule has 0 radical (unpaired) electrons. The number of carbonyl (C=O) groups excluding carboxylic acids is 1. The van der Waals surface area contributed by atoms with Gasteiger partial charge in [0.15, 0.2) is 0 Å². The van der Waals surface area contributed by atoms with Crippen LogP contribution in [0, 0.1) is 11.8 Å². The molecule has 0 bridgehead atoms. The smallest absolute Gasteiger partial charge is 0.223 e. The average molecular weight is 304 g/mol. The average Bonchev–Trinajstić information content (AvgIpc) is 3.12. The summed E-state index contributed by atoms with van der Waals surface area (Å²) >= 11 is 1.66. The molecule has 114 valence electrons. The van der Waals surface area contributed by atoms with Crippen LogP contribution in [0.3, 0.4) is 0 Å². The number of thiazole rings is 1. The summed E-state index contributed by atoms with van der Waals surface area (Å²) in [5.74, 6) is 1.10. The molecule has 1 aromatic heterocycles. The normalized spacial score (nSPS) is 20.9. The van der Waals surface area contributed by atoms with E-state index in [1.54, 1.807) is 11.3 Å². The zero-order valence-electron chi connectivity index (χ0n) is 13.1. The number of carbonyl (C=O) groups is 1. The summed E-state index contributed by atoms with van der Waals surface area (Å²) in [6.07, 6.45) is 3.25. The highest BCUT2D eigenvalue weighted by molar-refractivity contribution is 7.18. The van der Waals surface area contributed by atoms with Gasteiger partial charge >= 0.3 is 0 Å². The van der Waals surface area contributed by atoms with Gasteiger partial charge in [-0.1, -0.05) is 32.9 Å². The zero-order chi connectivity index (χ0) is 15.2. The molecule has 2 aromatic rings. The molecule has 0 aliphatic heterocycles. The summed E-state index contributed by atoms with van der Waals surface area (Å²) in [4.78, 5) is 16.6. The van der Waals surface area contributed by atoms with Gasteiger partial charge in [-0.15, -0.1) is 11.3 Å². The van der Waals surface area contributed by atoms with E-state index in [1.165, 1.54) is 11.1 Å². The van der Waals surface area contributed by atoms with E-state index in [0.717, 1.165) is 23.4 Å². The Kier molecular flexibility index (Phi) is 5.74. The molecule has 1 N–H and O–H groups in total. The van der Waals surface area contributed by atoms with Gasteiger partial charge in [-0.25, -0.2) is 4.98 Å². The number of amides is 1. The molecule has 3 rings (SSSR count). The maximum absolute atomic E-state index is 12.0. The molecule has 1 amide bonds. The lowest BCUT2D eigenvalue weighted by Gasteiger charge is -2.09. The van der Waals surface area contributed by atoms with Crippen LogP contribution in [0.1, 0.15) is 45.0 Å². The van der Waals surface area contributed by atoms with Crippen LogP contribution < -0.4 is 5.32 Å². The minimum absolute atomic E-state index is 0.198. The first-order valence-corrected chi connectivity index (χ1v) is 8.66. The van der Waals surface area contributed by atoms with Crippen molar-refractivity contribution in [3.05, 3.63) is 29.3 Å². The number of fused-ring (bicyclic) bond motifs is 1. The third-order valence-electron chi connectivity index (χ3n) is 3.82. The number of rotatable bonds is 3. The molecule has 2 unspecified atom stereocenters. The van der Waals surface area contributed by atoms with E-state index < -0.39 is 0 Å². The SMILES string of the molecule is CC.CC1CCC(C(=O)NCc2nc3ccccc3s2)C1. The van der Waals surface area contributed by atoms with Gasteiger partial charge in [-0.2, -0.15) is 0 Å². The third-order valence-corrected chi connectivity index (χ3v) is 4.85. The highest BCUT2D eigenvalue weighted by Gasteiger charge is 2.27. The molecule has 1 aliphatic rings. The monoisotopic (exact) mass is 304 g/mol. The second-order valence-electron chi connectivity index (χ2n) is 5.41. The second kappa shape index (κ2) is 7.55. The van der Waals surface area contributed by atoms with Crippen LogP contribution in [0.2, 0.25) is 0 Å². The molecule has 1 aromatic carbocycles. The van der Waals surface area contributed by atoms with Crippen molar-refractivity contribution in [3.63, 3.8) is 0 Å². The van der Waals surface area contributed by atoms with E-state index in [9.17, 15) is 4.79 Å². The van der Waals surface area contributed by atoms with E-state index in [-0.39, 0.29) is 11.8 Å². The largest absolute Gasteiger partial charge is 0.349 e. The predicted octanol–water partition coefficient (Wildman–Crippen LogP) is 4.37. The van der Waals surface area contributed by atoms with Crippen molar-refractivity contribution in [2.45, 2.75) is 46.6 Å². The van der Waals surface area contributed by atoms with E-state index in [0.29, 0.717) is 12.5 Å². The van der Waals surface area contributed by atoms with E-state index in [4.69, 9.17) is 0 Å². The topological polar surface area (TPSA) is 42.0 Å². The summed E-state index contributed by atoms with van der Waals surface area (Å²) in [6.45, 7) is 6.78. The first-order chi connectivity index (χ1) is 10.2. The zero-order valence-corrected chi connectivity index (χ0v) is 13.9. The van der Waals surface area contributed by atoms with E-state index >= 15 is 0 Å². The lowest BCUT2D eigenvalue weighted by atomic mass is 10.1. The van der Waals surface area contributed by atoms with Gasteiger partial charge in [0.1, 0.15) is 5.01 Å². The lowest BCUT2D eigenvalue weighted by Crippen LogP contribution is -2.28. The van der Waals surface area contributed by atoms with Gasteiger partial charge in [0.05, 0.1) is 16.8 Å². The summed E-state index contributed by atoms with van der Waals surface area (Å²) in [5, 5.41) is 4.02. The standard InChI is InChI=1S/C15H18N2OS.C2H6/c1-10-6-7-11(8-10)15(18)16-9-14-17-12-4-2-3-5-13(12)19-14;1-2/h2-5,10-11H,6-9H2,1H3,(H,16,18);1-2H3. The second-order valence-corrected chi connectivity index (χ2v) is 6.52. The predicted molar refractivity (Wildman–Crippen MR) is 89.3 cm³/mol. The molecule has 4 heteroatoms. The Balaban J connectivity index is 0.000000774. The third kappa shape index (κ3) is 4.03. The summed E-state index contributed by atoms with van der Waals surface area (Å²) in [7, 11) is 0. The first kappa shape index (κ1) is 16.0. The molecule has 1 fully saturated rings. The van der Waals surface area contributed by atoms with Crippen LogP contribution in [0.4, 0.5) is 0 Å². The van der Waals surface area contributed by atoms with Crippen molar-refractivity contribution in [2.24, 2.45) is 11.8 Å². The van der Waals surface area contributed by atoms with Crippen LogP contribution in [-0.4, -0.2) is 10.9 Å². The number of nitrogens with one attached hydrogen (secondary N) is 1. The van der Waals surface area contributed by atoms with Crippen LogP contribution >= 0.6 is 11.3 Å². The first-order valence-electron chi connectivity index (χ1n) is 7.84. The highest BCUT2D eigenvalue weighted by Crippen LogP contribution is 2.30. The van der Waals surface area contributed by atoms with Crippen molar-refractivity contribution in [3.8, 4) is 0 Å². The Morgan fingerprint density at radius 1 is 1.33 bits per heavy atom. The fraction of sp³-hybridized carbons (Fsp3) is 0.529. The van der Waals surface area contributed by atoms with Gasteiger partial charge < -0.3 is 5.32 Å². The Morgan fingerprint density at radius 2 is 2.10 bits per heavy atom.